The molecule has 0 radical (unpaired) electrons. The average molecular weight is 564 g/mol. The van der Waals surface area contributed by atoms with Crippen LogP contribution < -0.4 is 10.5 Å². The quantitative estimate of drug-likeness (QED) is 0.105. The minimum atomic E-state index is -3.78. The Hall–Kier alpha value is -4.69. The number of aliphatic imine (C=N–C) groups is 1. The summed E-state index contributed by atoms with van der Waals surface area (Å²) in [5, 5.41) is 0. The highest BCUT2D eigenvalue weighted by Gasteiger charge is 2.38. The maximum atomic E-state index is 12.6. The van der Waals surface area contributed by atoms with Crippen LogP contribution >= 0.6 is 0 Å². The third kappa shape index (κ3) is 6.07. The first-order chi connectivity index (χ1) is 19.9. The highest BCUT2D eigenvalue weighted by molar-refractivity contribution is 7.90. The van der Waals surface area contributed by atoms with Crippen molar-refractivity contribution in [2.45, 2.75) is 30.2 Å². The number of guanidine groups is 1. The zero-order valence-electron chi connectivity index (χ0n) is 22.9. The van der Waals surface area contributed by atoms with Crippen molar-refractivity contribution < 1.29 is 8.42 Å². The van der Waals surface area contributed by atoms with E-state index in [9.17, 15) is 8.42 Å². The lowest BCUT2D eigenvalue weighted by atomic mass is 9.77. The largest absolute Gasteiger partial charge is 0.369 e. The van der Waals surface area contributed by atoms with E-state index < -0.39 is 15.6 Å². The number of hydrogen-bond acceptors (Lipinski definition) is 4. The third-order valence-corrected chi connectivity index (χ3v) is 8.41. The lowest BCUT2D eigenvalue weighted by Gasteiger charge is -2.37. The summed E-state index contributed by atoms with van der Waals surface area (Å²) < 4.78 is 29.7. The highest BCUT2D eigenvalue weighted by Crippen LogP contribution is 2.40. The van der Waals surface area contributed by atoms with Gasteiger partial charge in [0.05, 0.1) is 16.9 Å². The van der Waals surface area contributed by atoms with E-state index >= 15 is 0 Å². The molecule has 4 aromatic carbocycles. The predicted octanol–water partition coefficient (Wildman–Crippen LogP) is 5.26. The lowest BCUT2D eigenvalue weighted by Crippen LogP contribution is -2.37. The van der Waals surface area contributed by atoms with Gasteiger partial charge in [-0.3, -0.25) is 4.99 Å². The van der Waals surface area contributed by atoms with Crippen molar-refractivity contribution in [3.05, 3.63) is 156 Å². The third-order valence-electron chi connectivity index (χ3n) is 7.04. The van der Waals surface area contributed by atoms with Crippen molar-refractivity contribution in [3.8, 4) is 0 Å². The van der Waals surface area contributed by atoms with Gasteiger partial charge >= 0.3 is 0 Å². The molecule has 5 aromatic rings. The molecule has 0 atom stereocenters. The topological polar surface area (TPSA) is 102 Å². The summed E-state index contributed by atoms with van der Waals surface area (Å²) >= 11 is 0. The van der Waals surface area contributed by atoms with Gasteiger partial charge in [0, 0.05) is 12.7 Å². The van der Waals surface area contributed by atoms with Crippen molar-refractivity contribution >= 4 is 16.0 Å². The molecule has 0 fully saturated rings. The predicted molar refractivity (Wildman–Crippen MR) is 163 cm³/mol. The molecule has 0 saturated heterocycles. The van der Waals surface area contributed by atoms with Gasteiger partial charge in [0.25, 0.3) is 10.0 Å². The molecule has 3 N–H and O–H groups in total. The summed E-state index contributed by atoms with van der Waals surface area (Å²) in [7, 11) is -3.78. The number of nitrogens with two attached hydrogens (primary N) is 1. The van der Waals surface area contributed by atoms with Crippen molar-refractivity contribution in [2.24, 2.45) is 10.7 Å². The van der Waals surface area contributed by atoms with E-state index in [1.165, 1.54) is 0 Å². The van der Waals surface area contributed by atoms with Crippen LogP contribution in [-0.2, 0) is 22.0 Å². The molecule has 0 saturated carbocycles. The van der Waals surface area contributed by atoms with Crippen LogP contribution in [0, 0.1) is 6.92 Å². The first kappa shape index (κ1) is 27.9. The number of aromatic nitrogens is 2. The molecule has 5 rings (SSSR count). The van der Waals surface area contributed by atoms with Gasteiger partial charge in [-0.2, -0.15) is 0 Å². The van der Waals surface area contributed by atoms with E-state index in [1.54, 1.807) is 24.3 Å². The first-order valence-corrected chi connectivity index (χ1v) is 15.0. The molecular formula is C33H33N5O2S. The Morgan fingerprint density at radius 3 is 1.85 bits per heavy atom. The van der Waals surface area contributed by atoms with Crippen LogP contribution in [0.25, 0.3) is 0 Å². The Morgan fingerprint density at radius 2 is 1.34 bits per heavy atom. The first-order valence-electron chi connectivity index (χ1n) is 13.5. The summed E-state index contributed by atoms with van der Waals surface area (Å²) in [4.78, 5) is 9.13. The number of rotatable bonds is 10. The van der Waals surface area contributed by atoms with Crippen molar-refractivity contribution in [3.63, 3.8) is 0 Å². The molecule has 1 heterocycles. The number of benzene rings is 4. The molecule has 8 heteroatoms. The highest BCUT2D eigenvalue weighted by atomic mass is 32.2. The van der Waals surface area contributed by atoms with Gasteiger partial charge in [-0.15, -0.1) is 0 Å². The Balaban J connectivity index is 1.36. The smallest absolute Gasteiger partial charge is 0.264 e. The van der Waals surface area contributed by atoms with Gasteiger partial charge < -0.3 is 10.3 Å². The maximum Gasteiger partial charge on any atom is 0.264 e. The summed E-state index contributed by atoms with van der Waals surface area (Å²) in [5.74, 6) is -0.132. The molecule has 0 aliphatic rings. The van der Waals surface area contributed by atoms with Crippen LogP contribution in [0.4, 0.5) is 0 Å². The molecule has 0 aliphatic heterocycles. The number of nitrogens with one attached hydrogen (secondary N) is 1. The van der Waals surface area contributed by atoms with Gasteiger partial charge in [-0.05, 0) is 48.6 Å². The summed E-state index contributed by atoms with van der Waals surface area (Å²) in [5.41, 5.74) is 10.5. The summed E-state index contributed by atoms with van der Waals surface area (Å²) in [6.45, 7) is 2.25. The molecule has 208 valence electrons. The van der Waals surface area contributed by atoms with Crippen LogP contribution in [0.2, 0.25) is 0 Å². The van der Waals surface area contributed by atoms with E-state index in [-0.39, 0.29) is 10.9 Å². The van der Waals surface area contributed by atoms with Crippen molar-refractivity contribution in [1.29, 1.82) is 0 Å². The number of imidazole rings is 1. The minimum absolute atomic E-state index is 0.132. The standard InChI is InChI=1S/C33H33N5O2S/c1-26-19-21-31(22-20-26)41(39,40)37-32(34)35-23-11-18-30-24-38(25-36-30)33(27-12-5-2-6-13-27,28-14-7-3-8-15-28)29-16-9-4-10-17-29/h2-10,12-17,19-22,24-25H,11,18,23H2,1H3,(H3,34,35,37). The molecule has 0 bridgehead atoms. The van der Waals surface area contributed by atoms with E-state index in [0.29, 0.717) is 19.4 Å². The normalized spacial score (nSPS) is 12.3. The van der Waals surface area contributed by atoms with E-state index in [4.69, 9.17) is 10.7 Å². The maximum absolute atomic E-state index is 12.6. The molecular weight excluding hydrogens is 530 g/mol. The second kappa shape index (κ2) is 12.2. The second-order valence-electron chi connectivity index (χ2n) is 9.87. The monoisotopic (exact) mass is 563 g/mol. The van der Waals surface area contributed by atoms with Crippen LogP contribution in [0.3, 0.4) is 0 Å². The van der Waals surface area contributed by atoms with Crippen LogP contribution in [0.15, 0.2) is 138 Å². The van der Waals surface area contributed by atoms with Crippen LogP contribution in [0.1, 0.15) is 34.4 Å². The fourth-order valence-electron chi connectivity index (χ4n) is 5.07. The zero-order chi connectivity index (χ0) is 28.7. The molecule has 7 nitrogen and oxygen atoms in total. The Kier molecular flexibility index (Phi) is 8.31. The van der Waals surface area contributed by atoms with Gasteiger partial charge in [-0.25, -0.2) is 18.1 Å². The van der Waals surface area contributed by atoms with Gasteiger partial charge in [-0.1, -0.05) is 109 Å². The fourth-order valence-corrected chi connectivity index (χ4v) is 6.02. The average Bonchev–Trinajstić information content (AvgIpc) is 3.46. The number of sulfonamides is 1. The molecule has 41 heavy (non-hydrogen) atoms. The van der Waals surface area contributed by atoms with Crippen LogP contribution in [-0.4, -0.2) is 30.5 Å². The minimum Gasteiger partial charge on any atom is -0.369 e. The molecule has 0 unspecified atom stereocenters. The Bertz CT molecular complexity index is 1600. The SMILES string of the molecule is Cc1ccc(S(=O)(=O)NC(N)=NCCCc2cn(C(c3ccccc3)(c3ccccc3)c3ccccc3)cn2)cc1. The van der Waals surface area contributed by atoms with E-state index in [0.717, 1.165) is 27.9 Å². The lowest BCUT2D eigenvalue weighted by molar-refractivity contribution is 0.514. The van der Waals surface area contributed by atoms with E-state index in [2.05, 4.69) is 93.3 Å². The van der Waals surface area contributed by atoms with Crippen molar-refractivity contribution in [1.82, 2.24) is 14.3 Å². The molecule has 0 amide bonds. The van der Waals surface area contributed by atoms with Gasteiger partial charge in [0.15, 0.2) is 0 Å². The van der Waals surface area contributed by atoms with Crippen LogP contribution in [0.5, 0.6) is 0 Å². The van der Waals surface area contributed by atoms with Crippen molar-refractivity contribution in [2.75, 3.05) is 6.54 Å². The zero-order valence-corrected chi connectivity index (χ0v) is 23.7. The number of nitrogens with zero attached hydrogens (tertiary/aromatic N) is 3. The number of aryl methyl sites for hydroxylation is 2. The Morgan fingerprint density at radius 1 is 0.829 bits per heavy atom. The number of hydrogen-bond donors (Lipinski definition) is 2. The Labute approximate surface area is 241 Å². The fraction of sp³-hybridized carbons (Fsp3) is 0.152. The van der Waals surface area contributed by atoms with Gasteiger partial charge in [0.1, 0.15) is 5.54 Å². The molecule has 0 aliphatic carbocycles. The molecule has 1 aromatic heterocycles. The second-order valence-corrected chi connectivity index (χ2v) is 11.6. The summed E-state index contributed by atoms with van der Waals surface area (Å²) in [6, 6.07) is 37.9. The summed E-state index contributed by atoms with van der Waals surface area (Å²) in [6.07, 6.45) is 5.28. The van der Waals surface area contributed by atoms with Gasteiger partial charge in [0.2, 0.25) is 5.96 Å². The van der Waals surface area contributed by atoms with E-state index in [1.807, 2.05) is 31.5 Å². The molecule has 0 spiro atoms.